The summed E-state index contributed by atoms with van der Waals surface area (Å²) in [5.74, 6) is 2.70. The normalized spacial score (nSPS) is 14.0. The van der Waals surface area contributed by atoms with Gasteiger partial charge in [-0.05, 0) is 110 Å². The lowest BCUT2D eigenvalue weighted by molar-refractivity contribution is 0.564. The molecular formula is C32H46O. The summed E-state index contributed by atoms with van der Waals surface area (Å²) in [6, 6.07) is 2.05. The maximum atomic E-state index is 5.35. The molecule has 0 aliphatic rings. The Morgan fingerprint density at radius 3 is 1.52 bits per heavy atom. The van der Waals surface area contributed by atoms with Gasteiger partial charge in [0, 0.05) is 6.42 Å². The van der Waals surface area contributed by atoms with Crippen LogP contribution in [-0.4, -0.2) is 0 Å². The molecule has 0 unspecified atom stereocenters. The van der Waals surface area contributed by atoms with E-state index in [0.29, 0.717) is 0 Å². The fraction of sp³-hybridized carbons (Fsp3) is 0.500. The Balaban J connectivity index is 2.19. The van der Waals surface area contributed by atoms with E-state index in [1.165, 1.54) is 39.8 Å². The Labute approximate surface area is 204 Å². The molecule has 1 rings (SSSR count). The molecule has 0 bridgehead atoms. The molecule has 0 aliphatic heterocycles. The number of hydrogen-bond acceptors (Lipinski definition) is 1. The van der Waals surface area contributed by atoms with Crippen molar-refractivity contribution in [3.8, 4) is 12.3 Å². The van der Waals surface area contributed by atoms with E-state index >= 15 is 0 Å². The van der Waals surface area contributed by atoms with Crippen molar-refractivity contribution in [1.82, 2.24) is 0 Å². The Hall–Kier alpha value is -2.46. The van der Waals surface area contributed by atoms with Crippen molar-refractivity contribution in [1.29, 1.82) is 0 Å². The van der Waals surface area contributed by atoms with Crippen LogP contribution >= 0.6 is 0 Å². The van der Waals surface area contributed by atoms with Gasteiger partial charge in [0.15, 0.2) is 0 Å². The number of aryl methyl sites for hydroxylation is 1. The van der Waals surface area contributed by atoms with Gasteiger partial charge in [-0.1, -0.05) is 58.2 Å². The molecule has 0 spiro atoms. The topological polar surface area (TPSA) is 13.1 Å². The molecule has 0 saturated carbocycles. The van der Waals surface area contributed by atoms with Gasteiger partial charge in [-0.2, -0.15) is 0 Å². The lowest BCUT2D eigenvalue weighted by Crippen LogP contribution is -1.84. The highest BCUT2D eigenvalue weighted by Gasteiger charge is 1.96. The van der Waals surface area contributed by atoms with E-state index < -0.39 is 0 Å². The van der Waals surface area contributed by atoms with E-state index in [1.54, 1.807) is 6.26 Å². The third-order valence-electron chi connectivity index (χ3n) is 6.01. The van der Waals surface area contributed by atoms with Gasteiger partial charge in [0.05, 0.1) is 12.5 Å². The minimum absolute atomic E-state index is 0.769. The van der Waals surface area contributed by atoms with Gasteiger partial charge in [0.2, 0.25) is 0 Å². The number of rotatable bonds is 16. The standard InChI is InChI=1S/C32H46O/c1-7-13-27(2)14-8-15-28(3)16-9-17-29(4)18-10-19-30(5)20-11-21-31(6)22-12-23-32-24-25-33-26-32/h1,14,16,18,20,22,24-26H,8-13,15,17,19,21,23H2,2-6H3/b27-14+,28-16+,29-18+,30-20+,31-22+. The maximum absolute atomic E-state index is 5.35. The Bertz CT molecular complexity index is 847. The minimum Gasteiger partial charge on any atom is -0.472 e. The summed E-state index contributed by atoms with van der Waals surface area (Å²) in [4.78, 5) is 0. The average Bonchev–Trinajstić information content (AvgIpc) is 3.27. The summed E-state index contributed by atoms with van der Waals surface area (Å²) in [6.07, 6.45) is 32.9. The monoisotopic (exact) mass is 446 g/mol. The van der Waals surface area contributed by atoms with Crippen LogP contribution in [0.15, 0.2) is 81.3 Å². The molecule has 1 heterocycles. The second kappa shape index (κ2) is 18.0. The van der Waals surface area contributed by atoms with Crippen molar-refractivity contribution in [2.45, 2.75) is 105 Å². The third-order valence-corrected chi connectivity index (χ3v) is 6.01. The number of terminal acetylenes is 1. The highest BCUT2D eigenvalue weighted by Crippen LogP contribution is 2.15. The maximum Gasteiger partial charge on any atom is 0.0934 e. The number of allylic oxidation sites excluding steroid dienone is 10. The van der Waals surface area contributed by atoms with Gasteiger partial charge in [0.25, 0.3) is 0 Å². The summed E-state index contributed by atoms with van der Waals surface area (Å²) >= 11 is 0. The van der Waals surface area contributed by atoms with Crippen LogP contribution in [0, 0.1) is 12.3 Å². The average molecular weight is 447 g/mol. The minimum atomic E-state index is 0.769. The molecule has 1 heteroatoms. The van der Waals surface area contributed by atoms with Crippen LogP contribution in [0.1, 0.15) is 104 Å². The van der Waals surface area contributed by atoms with Gasteiger partial charge in [-0.15, -0.1) is 12.3 Å². The molecule has 0 amide bonds. The van der Waals surface area contributed by atoms with Gasteiger partial charge in [0.1, 0.15) is 0 Å². The molecule has 0 N–H and O–H groups in total. The SMILES string of the molecule is C#CC/C(C)=C/CC/C(C)=C/CC/C(C)=C/CC/C(C)=C/CC/C(C)=C/CCc1ccoc1. The largest absolute Gasteiger partial charge is 0.472 e. The highest BCUT2D eigenvalue weighted by molar-refractivity contribution is 5.11. The van der Waals surface area contributed by atoms with E-state index in [9.17, 15) is 0 Å². The van der Waals surface area contributed by atoms with Crippen LogP contribution in [-0.2, 0) is 6.42 Å². The van der Waals surface area contributed by atoms with E-state index in [4.69, 9.17) is 10.8 Å². The van der Waals surface area contributed by atoms with Crippen LogP contribution in [0.4, 0.5) is 0 Å². The molecule has 0 atom stereocenters. The van der Waals surface area contributed by atoms with E-state index in [0.717, 1.165) is 64.2 Å². The lowest BCUT2D eigenvalue weighted by Gasteiger charge is -2.03. The van der Waals surface area contributed by atoms with Crippen molar-refractivity contribution >= 4 is 0 Å². The summed E-state index contributed by atoms with van der Waals surface area (Å²) in [5.41, 5.74) is 8.57. The quantitative estimate of drug-likeness (QED) is 0.182. The molecule has 0 aromatic carbocycles. The summed E-state index contributed by atoms with van der Waals surface area (Å²) < 4.78 is 5.12. The molecule has 0 radical (unpaired) electrons. The van der Waals surface area contributed by atoms with Gasteiger partial charge < -0.3 is 4.42 Å². The van der Waals surface area contributed by atoms with Gasteiger partial charge in [-0.3, -0.25) is 0 Å². The summed E-state index contributed by atoms with van der Waals surface area (Å²) in [5, 5.41) is 0. The number of hydrogen-bond donors (Lipinski definition) is 0. The Morgan fingerprint density at radius 1 is 0.697 bits per heavy atom. The fourth-order valence-corrected chi connectivity index (χ4v) is 3.75. The molecule has 1 aromatic heterocycles. The molecule has 180 valence electrons. The van der Waals surface area contributed by atoms with Crippen molar-refractivity contribution < 1.29 is 4.42 Å². The van der Waals surface area contributed by atoms with Crippen LogP contribution in [0.3, 0.4) is 0 Å². The van der Waals surface area contributed by atoms with E-state index in [1.807, 2.05) is 12.3 Å². The van der Waals surface area contributed by atoms with Crippen LogP contribution in [0.5, 0.6) is 0 Å². The van der Waals surface area contributed by atoms with Crippen molar-refractivity contribution in [2.75, 3.05) is 0 Å². The van der Waals surface area contributed by atoms with Crippen LogP contribution in [0.25, 0.3) is 0 Å². The Morgan fingerprint density at radius 2 is 1.12 bits per heavy atom. The molecule has 33 heavy (non-hydrogen) atoms. The summed E-state index contributed by atoms with van der Waals surface area (Å²) in [6.45, 7) is 11.2. The summed E-state index contributed by atoms with van der Waals surface area (Å²) in [7, 11) is 0. The van der Waals surface area contributed by atoms with Crippen LogP contribution in [0.2, 0.25) is 0 Å². The zero-order valence-electron chi connectivity index (χ0n) is 21.9. The second-order valence-corrected chi connectivity index (χ2v) is 9.46. The third kappa shape index (κ3) is 15.9. The smallest absolute Gasteiger partial charge is 0.0934 e. The first kappa shape index (κ1) is 28.6. The molecule has 1 aromatic rings. The fourth-order valence-electron chi connectivity index (χ4n) is 3.75. The van der Waals surface area contributed by atoms with Gasteiger partial charge in [-0.25, -0.2) is 0 Å². The predicted molar refractivity (Wildman–Crippen MR) is 146 cm³/mol. The Kier molecular flexibility index (Phi) is 15.6. The van der Waals surface area contributed by atoms with Crippen molar-refractivity contribution in [2.24, 2.45) is 0 Å². The van der Waals surface area contributed by atoms with Crippen molar-refractivity contribution in [3.05, 3.63) is 82.4 Å². The lowest BCUT2D eigenvalue weighted by atomic mass is 10.0. The first-order valence-corrected chi connectivity index (χ1v) is 12.6. The molecule has 0 saturated heterocycles. The molecule has 0 aliphatic carbocycles. The zero-order valence-corrected chi connectivity index (χ0v) is 21.9. The van der Waals surface area contributed by atoms with Gasteiger partial charge >= 0.3 is 0 Å². The predicted octanol–water partition coefficient (Wildman–Crippen LogP) is 10.1. The zero-order chi connectivity index (χ0) is 24.3. The first-order valence-electron chi connectivity index (χ1n) is 12.6. The van der Waals surface area contributed by atoms with Crippen LogP contribution < -0.4 is 0 Å². The highest BCUT2D eigenvalue weighted by atomic mass is 16.3. The number of furan rings is 1. The molecule has 0 fully saturated rings. The van der Waals surface area contributed by atoms with Crippen molar-refractivity contribution in [3.63, 3.8) is 0 Å². The molecular weight excluding hydrogens is 400 g/mol. The molecule has 1 nitrogen and oxygen atoms in total. The van der Waals surface area contributed by atoms with E-state index in [-0.39, 0.29) is 0 Å². The van der Waals surface area contributed by atoms with E-state index in [2.05, 4.69) is 70.9 Å². The first-order chi connectivity index (χ1) is 15.9. The second-order valence-electron chi connectivity index (χ2n) is 9.46.